The van der Waals surface area contributed by atoms with Crippen LogP contribution in [0.4, 0.5) is 0 Å². The average molecular weight is 273 g/mol. The second kappa shape index (κ2) is 7.05. The summed E-state index contributed by atoms with van der Waals surface area (Å²) >= 11 is 0. The van der Waals surface area contributed by atoms with Gasteiger partial charge in [-0.3, -0.25) is 0 Å². The molecule has 20 heavy (non-hydrogen) atoms. The van der Waals surface area contributed by atoms with E-state index in [0.29, 0.717) is 11.5 Å². The lowest BCUT2D eigenvalue weighted by Gasteiger charge is -2.40. The van der Waals surface area contributed by atoms with Crippen LogP contribution in [0.5, 0.6) is 0 Å². The second-order valence-electron chi connectivity index (χ2n) is 6.26. The summed E-state index contributed by atoms with van der Waals surface area (Å²) in [6.45, 7) is 10.9. The third-order valence-corrected chi connectivity index (χ3v) is 4.25. The zero-order valence-corrected chi connectivity index (χ0v) is 12.8. The molecule has 2 nitrogen and oxygen atoms in total. The number of hydrogen-bond acceptors (Lipinski definition) is 2. The molecule has 110 valence electrons. The number of rotatable bonds is 7. The van der Waals surface area contributed by atoms with Gasteiger partial charge in [0.1, 0.15) is 0 Å². The third-order valence-electron chi connectivity index (χ3n) is 4.25. The average Bonchev–Trinajstić information content (AvgIpc) is 2.44. The van der Waals surface area contributed by atoms with E-state index in [4.69, 9.17) is 4.74 Å². The van der Waals surface area contributed by atoms with Gasteiger partial charge in [0.15, 0.2) is 0 Å². The fourth-order valence-corrected chi connectivity index (χ4v) is 3.00. The second-order valence-corrected chi connectivity index (χ2v) is 6.26. The van der Waals surface area contributed by atoms with Crippen molar-refractivity contribution in [3.8, 4) is 0 Å². The minimum absolute atomic E-state index is 0.301. The molecular formula is C18H27NO. The van der Waals surface area contributed by atoms with Crippen molar-refractivity contribution < 1.29 is 4.74 Å². The first-order chi connectivity index (χ1) is 9.65. The Morgan fingerprint density at radius 1 is 1.35 bits per heavy atom. The zero-order valence-electron chi connectivity index (χ0n) is 12.8. The van der Waals surface area contributed by atoms with Crippen molar-refractivity contribution >= 4 is 0 Å². The van der Waals surface area contributed by atoms with Crippen LogP contribution >= 0.6 is 0 Å². The fourth-order valence-electron chi connectivity index (χ4n) is 3.00. The quantitative estimate of drug-likeness (QED) is 0.601. The number of benzene rings is 1. The third kappa shape index (κ3) is 3.71. The summed E-state index contributed by atoms with van der Waals surface area (Å²) in [6, 6.07) is 9.25. The topological polar surface area (TPSA) is 21.3 Å². The van der Waals surface area contributed by atoms with Crippen LogP contribution in [0.2, 0.25) is 0 Å². The van der Waals surface area contributed by atoms with E-state index in [1.165, 1.54) is 24.0 Å². The van der Waals surface area contributed by atoms with Crippen LogP contribution in [-0.2, 0) is 11.2 Å². The Kier molecular flexibility index (Phi) is 5.38. The molecule has 2 rings (SSSR count). The van der Waals surface area contributed by atoms with E-state index in [1.54, 1.807) is 0 Å². The molecule has 1 aliphatic rings. The largest absolute Gasteiger partial charge is 0.380 e. The predicted molar refractivity (Wildman–Crippen MR) is 84.9 cm³/mol. The lowest BCUT2D eigenvalue weighted by atomic mass is 9.70. The minimum atomic E-state index is 0.301. The van der Waals surface area contributed by atoms with Crippen LogP contribution < -0.4 is 5.32 Å². The molecule has 0 heterocycles. The fraction of sp³-hybridized carbons (Fsp3) is 0.556. The first-order valence-corrected chi connectivity index (χ1v) is 7.65. The molecule has 0 saturated heterocycles. The van der Waals surface area contributed by atoms with E-state index in [9.17, 15) is 0 Å². The van der Waals surface area contributed by atoms with E-state index < -0.39 is 0 Å². The highest BCUT2D eigenvalue weighted by atomic mass is 16.5. The zero-order chi connectivity index (χ0) is 14.4. The van der Waals surface area contributed by atoms with Gasteiger partial charge >= 0.3 is 0 Å². The summed E-state index contributed by atoms with van der Waals surface area (Å²) in [5, 5.41) is 3.69. The molecule has 0 aromatic heterocycles. The number of nitrogens with one attached hydrogen (secondary N) is 1. The van der Waals surface area contributed by atoms with Crippen molar-refractivity contribution in [3.63, 3.8) is 0 Å². The monoisotopic (exact) mass is 273 g/mol. The van der Waals surface area contributed by atoms with Crippen molar-refractivity contribution in [1.29, 1.82) is 0 Å². The van der Waals surface area contributed by atoms with Gasteiger partial charge in [0.05, 0.1) is 13.2 Å². The van der Waals surface area contributed by atoms with Gasteiger partial charge in [-0.2, -0.15) is 0 Å². The van der Waals surface area contributed by atoms with E-state index in [2.05, 4.69) is 50.0 Å². The van der Waals surface area contributed by atoms with E-state index in [1.807, 2.05) is 6.08 Å². The van der Waals surface area contributed by atoms with E-state index in [0.717, 1.165) is 26.2 Å². The van der Waals surface area contributed by atoms with Crippen LogP contribution in [0.1, 0.15) is 43.9 Å². The van der Waals surface area contributed by atoms with Crippen LogP contribution in [0, 0.1) is 5.41 Å². The Morgan fingerprint density at radius 3 is 2.95 bits per heavy atom. The summed E-state index contributed by atoms with van der Waals surface area (Å²) in [5.41, 5.74) is 3.27. The van der Waals surface area contributed by atoms with Gasteiger partial charge in [0, 0.05) is 12.6 Å². The standard InChI is InChI=1S/C18H27NO/c1-4-5-13-20-14-12-19-17-16-9-7-6-8-15(16)10-11-18(17,2)3/h4,6-9,17,19H,1,5,10-14H2,2-3H3. The maximum Gasteiger partial charge on any atom is 0.0591 e. The molecule has 0 saturated carbocycles. The van der Waals surface area contributed by atoms with Crippen molar-refractivity contribution in [2.75, 3.05) is 19.8 Å². The van der Waals surface area contributed by atoms with Gasteiger partial charge in [-0.1, -0.05) is 44.2 Å². The highest BCUT2D eigenvalue weighted by Crippen LogP contribution is 2.43. The van der Waals surface area contributed by atoms with Gasteiger partial charge in [-0.05, 0) is 35.8 Å². The molecule has 0 amide bonds. The Hall–Kier alpha value is -1.12. The van der Waals surface area contributed by atoms with Crippen molar-refractivity contribution in [2.24, 2.45) is 5.41 Å². The molecule has 1 aromatic carbocycles. The normalized spacial score (nSPS) is 20.4. The molecule has 1 aromatic rings. The van der Waals surface area contributed by atoms with Gasteiger partial charge in [0.2, 0.25) is 0 Å². The maximum absolute atomic E-state index is 5.59. The molecule has 0 aliphatic heterocycles. The summed E-state index contributed by atoms with van der Waals surface area (Å²) in [5.74, 6) is 0. The number of ether oxygens (including phenoxy) is 1. The lowest BCUT2D eigenvalue weighted by Crippen LogP contribution is -2.39. The highest BCUT2D eigenvalue weighted by molar-refractivity contribution is 5.34. The molecule has 1 atom stereocenters. The summed E-state index contributed by atoms with van der Waals surface area (Å²) < 4.78 is 5.59. The summed E-state index contributed by atoms with van der Waals surface area (Å²) in [4.78, 5) is 0. The number of hydrogen-bond donors (Lipinski definition) is 1. The van der Waals surface area contributed by atoms with Crippen molar-refractivity contribution in [1.82, 2.24) is 5.32 Å². The SMILES string of the molecule is C=CCCOCCNC1c2ccccc2CCC1(C)C. The van der Waals surface area contributed by atoms with Gasteiger partial charge < -0.3 is 10.1 Å². The Morgan fingerprint density at radius 2 is 2.15 bits per heavy atom. The molecule has 1 N–H and O–H groups in total. The first kappa shape index (κ1) is 15.3. The Labute approximate surface area is 123 Å². The predicted octanol–water partition coefficient (Wildman–Crippen LogP) is 3.88. The Balaban J connectivity index is 1.92. The number of fused-ring (bicyclic) bond motifs is 1. The van der Waals surface area contributed by atoms with Crippen LogP contribution in [0.25, 0.3) is 0 Å². The molecule has 1 unspecified atom stereocenters. The minimum Gasteiger partial charge on any atom is -0.380 e. The highest BCUT2D eigenvalue weighted by Gasteiger charge is 2.35. The molecule has 2 heteroatoms. The van der Waals surface area contributed by atoms with Gasteiger partial charge in [0.25, 0.3) is 0 Å². The molecular weight excluding hydrogens is 246 g/mol. The molecule has 1 aliphatic carbocycles. The van der Waals surface area contributed by atoms with E-state index >= 15 is 0 Å². The van der Waals surface area contributed by atoms with E-state index in [-0.39, 0.29) is 0 Å². The van der Waals surface area contributed by atoms with Crippen LogP contribution in [-0.4, -0.2) is 19.8 Å². The van der Waals surface area contributed by atoms with Gasteiger partial charge in [-0.15, -0.1) is 6.58 Å². The Bertz CT molecular complexity index is 439. The smallest absolute Gasteiger partial charge is 0.0591 e. The summed E-state index contributed by atoms with van der Waals surface area (Å²) in [6.07, 6.45) is 5.25. The maximum atomic E-state index is 5.59. The van der Waals surface area contributed by atoms with Crippen molar-refractivity contribution in [3.05, 3.63) is 48.0 Å². The molecule has 0 bridgehead atoms. The molecule has 0 radical (unpaired) electrons. The molecule has 0 spiro atoms. The number of aryl methyl sites for hydroxylation is 1. The lowest BCUT2D eigenvalue weighted by molar-refractivity contribution is 0.126. The van der Waals surface area contributed by atoms with Gasteiger partial charge in [-0.25, -0.2) is 0 Å². The van der Waals surface area contributed by atoms with Crippen LogP contribution in [0.3, 0.4) is 0 Å². The summed E-state index contributed by atoms with van der Waals surface area (Å²) in [7, 11) is 0. The van der Waals surface area contributed by atoms with Crippen molar-refractivity contribution in [2.45, 2.75) is 39.2 Å². The first-order valence-electron chi connectivity index (χ1n) is 7.65. The molecule has 0 fully saturated rings. The van der Waals surface area contributed by atoms with Crippen LogP contribution in [0.15, 0.2) is 36.9 Å².